The van der Waals surface area contributed by atoms with Gasteiger partial charge in [0, 0.05) is 37.2 Å². The Balaban J connectivity index is 1.63. The number of rotatable bonds is 6. The number of benzene rings is 1. The lowest BCUT2D eigenvalue weighted by Gasteiger charge is -2.28. The summed E-state index contributed by atoms with van der Waals surface area (Å²) < 4.78 is 0. The fourth-order valence-electron chi connectivity index (χ4n) is 2.81. The van der Waals surface area contributed by atoms with Crippen molar-refractivity contribution in [1.29, 1.82) is 0 Å². The molecular formula is C18H25N5. The molecule has 0 radical (unpaired) electrons. The highest BCUT2D eigenvalue weighted by Gasteiger charge is 2.10. The highest BCUT2D eigenvalue weighted by molar-refractivity contribution is 5.60. The maximum atomic E-state index is 4.47. The third-order valence-corrected chi connectivity index (χ3v) is 4.06. The molecule has 5 heteroatoms. The average molecular weight is 311 g/mol. The molecule has 1 saturated heterocycles. The second-order valence-electron chi connectivity index (χ2n) is 5.91. The van der Waals surface area contributed by atoms with Gasteiger partial charge in [-0.1, -0.05) is 6.92 Å². The topological polar surface area (TPSA) is 53.1 Å². The van der Waals surface area contributed by atoms with Gasteiger partial charge in [0.2, 0.25) is 5.95 Å². The van der Waals surface area contributed by atoms with Crippen LogP contribution in [0.5, 0.6) is 0 Å². The molecule has 2 N–H and O–H groups in total. The summed E-state index contributed by atoms with van der Waals surface area (Å²) in [4.78, 5) is 11.2. The molecule has 0 spiro atoms. The van der Waals surface area contributed by atoms with Crippen molar-refractivity contribution in [1.82, 2.24) is 9.97 Å². The molecule has 0 unspecified atom stereocenters. The average Bonchev–Trinajstić information content (AvgIpc) is 2.62. The number of hydrogen-bond donors (Lipinski definition) is 2. The van der Waals surface area contributed by atoms with Crippen LogP contribution in [0.2, 0.25) is 0 Å². The molecule has 1 aliphatic rings. The van der Waals surface area contributed by atoms with Crippen molar-refractivity contribution in [3.05, 3.63) is 36.5 Å². The second-order valence-corrected chi connectivity index (χ2v) is 5.91. The van der Waals surface area contributed by atoms with Crippen LogP contribution in [0.1, 0.15) is 32.6 Å². The van der Waals surface area contributed by atoms with E-state index >= 15 is 0 Å². The summed E-state index contributed by atoms with van der Waals surface area (Å²) in [6, 6.07) is 10.4. The number of anilines is 4. The highest BCUT2D eigenvalue weighted by Crippen LogP contribution is 2.23. The van der Waals surface area contributed by atoms with Crippen molar-refractivity contribution in [2.24, 2.45) is 0 Å². The predicted octanol–water partition coefficient (Wildman–Crippen LogP) is 4.03. The maximum absolute atomic E-state index is 4.47. The van der Waals surface area contributed by atoms with Crippen LogP contribution in [-0.2, 0) is 0 Å². The minimum absolute atomic E-state index is 0.622. The van der Waals surface area contributed by atoms with Crippen molar-refractivity contribution in [3.63, 3.8) is 0 Å². The summed E-state index contributed by atoms with van der Waals surface area (Å²) in [5.74, 6) is 1.48. The minimum Gasteiger partial charge on any atom is -0.372 e. The molecule has 1 fully saturated rings. The van der Waals surface area contributed by atoms with E-state index in [9.17, 15) is 0 Å². The highest BCUT2D eigenvalue weighted by atomic mass is 15.1. The molecule has 0 amide bonds. The summed E-state index contributed by atoms with van der Waals surface area (Å²) >= 11 is 0. The second kappa shape index (κ2) is 7.81. The van der Waals surface area contributed by atoms with Crippen molar-refractivity contribution in [3.8, 4) is 0 Å². The lowest BCUT2D eigenvalue weighted by atomic mass is 10.1. The Labute approximate surface area is 138 Å². The zero-order valence-corrected chi connectivity index (χ0v) is 13.8. The minimum atomic E-state index is 0.622. The molecule has 0 bridgehead atoms. The van der Waals surface area contributed by atoms with Crippen LogP contribution in [0.4, 0.5) is 23.1 Å². The van der Waals surface area contributed by atoms with Crippen LogP contribution in [-0.4, -0.2) is 29.6 Å². The van der Waals surface area contributed by atoms with E-state index in [1.807, 2.05) is 6.07 Å². The Morgan fingerprint density at radius 3 is 2.57 bits per heavy atom. The predicted molar refractivity (Wildman–Crippen MR) is 96.6 cm³/mol. The fraction of sp³-hybridized carbons (Fsp3) is 0.444. The van der Waals surface area contributed by atoms with Gasteiger partial charge < -0.3 is 15.5 Å². The first-order valence-electron chi connectivity index (χ1n) is 8.54. The Kier molecular flexibility index (Phi) is 5.29. The molecule has 3 rings (SSSR count). The van der Waals surface area contributed by atoms with E-state index in [2.05, 4.69) is 56.7 Å². The van der Waals surface area contributed by atoms with E-state index in [4.69, 9.17) is 0 Å². The lowest BCUT2D eigenvalue weighted by Crippen LogP contribution is -2.29. The first-order chi connectivity index (χ1) is 11.3. The summed E-state index contributed by atoms with van der Waals surface area (Å²) in [6.07, 6.45) is 6.80. The standard InChI is InChI=1S/C18H25N5/c1-2-11-19-17-10-12-20-18(22-17)21-15-6-8-16(9-7-15)23-13-4-3-5-14-23/h6-10,12H,2-5,11,13-14H2,1H3,(H2,19,20,21,22). The molecule has 1 aromatic heterocycles. The molecule has 1 aliphatic heterocycles. The largest absolute Gasteiger partial charge is 0.372 e. The van der Waals surface area contributed by atoms with Crippen LogP contribution >= 0.6 is 0 Å². The van der Waals surface area contributed by atoms with Crippen LogP contribution in [0.25, 0.3) is 0 Å². The van der Waals surface area contributed by atoms with E-state index in [0.717, 1.165) is 24.5 Å². The van der Waals surface area contributed by atoms with Gasteiger partial charge in [0.05, 0.1) is 0 Å². The zero-order chi connectivity index (χ0) is 15.9. The van der Waals surface area contributed by atoms with E-state index in [1.54, 1.807) is 6.20 Å². The Morgan fingerprint density at radius 1 is 1.04 bits per heavy atom. The molecule has 2 aromatic rings. The van der Waals surface area contributed by atoms with E-state index < -0.39 is 0 Å². The van der Waals surface area contributed by atoms with Gasteiger partial charge in [0.25, 0.3) is 0 Å². The third-order valence-electron chi connectivity index (χ3n) is 4.06. The molecule has 1 aromatic carbocycles. The van der Waals surface area contributed by atoms with Gasteiger partial charge in [-0.15, -0.1) is 0 Å². The van der Waals surface area contributed by atoms with E-state index in [0.29, 0.717) is 5.95 Å². The quantitative estimate of drug-likeness (QED) is 0.843. The molecule has 122 valence electrons. The maximum Gasteiger partial charge on any atom is 0.229 e. The molecule has 5 nitrogen and oxygen atoms in total. The third kappa shape index (κ3) is 4.34. The van der Waals surface area contributed by atoms with E-state index in [1.165, 1.54) is 38.0 Å². The molecule has 23 heavy (non-hydrogen) atoms. The lowest BCUT2D eigenvalue weighted by molar-refractivity contribution is 0.578. The molecule has 2 heterocycles. The Morgan fingerprint density at radius 2 is 1.83 bits per heavy atom. The first kappa shape index (κ1) is 15.6. The summed E-state index contributed by atoms with van der Waals surface area (Å²) in [5, 5.41) is 6.54. The van der Waals surface area contributed by atoms with Crippen LogP contribution < -0.4 is 15.5 Å². The van der Waals surface area contributed by atoms with Gasteiger partial charge in [0.15, 0.2) is 0 Å². The van der Waals surface area contributed by atoms with Crippen LogP contribution in [0, 0.1) is 0 Å². The van der Waals surface area contributed by atoms with Crippen molar-refractivity contribution in [2.75, 3.05) is 35.2 Å². The summed E-state index contributed by atoms with van der Waals surface area (Å²) in [6.45, 7) is 5.39. The van der Waals surface area contributed by atoms with Gasteiger partial charge in [-0.25, -0.2) is 4.98 Å². The number of hydrogen-bond acceptors (Lipinski definition) is 5. The summed E-state index contributed by atoms with van der Waals surface area (Å²) in [7, 11) is 0. The van der Waals surface area contributed by atoms with Crippen LogP contribution in [0.3, 0.4) is 0 Å². The number of piperidine rings is 1. The van der Waals surface area contributed by atoms with Crippen molar-refractivity contribution >= 4 is 23.1 Å². The van der Waals surface area contributed by atoms with Gasteiger partial charge in [-0.3, -0.25) is 0 Å². The van der Waals surface area contributed by atoms with Gasteiger partial charge in [-0.05, 0) is 56.0 Å². The normalized spacial score (nSPS) is 14.6. The van der Waals surface area contributed by atoms with Crippen molar-refractivity contribution < 1.29 is 0 Å². The fourth-order valence-corrected chi connectivity index (χ4v) is 2.81. The zero-order valence-electron chi connectivity index (χ0n) is 13.8. The molecule has 0 aliphatic carbocycles. The number of nitrogens with one attached hydrogen (secondary N) is 2. The monoisotopic (exact) mass is 311 g/mol. The summed E-state index contributed by atoms with van der Waals surface area (Å²) in [5.41, 5.74) is 2.31. The Hall–Kier alpha value is -2.30. The van der Waals surface area contributed by atoms with E-state index in [-0.39, 0.29) is 0 Å². The smallest absolute Gasteiger partial charge is 0.229 e. The number of nitrogens with zero attached hydrogens (tertiary/aromatic N) is 3. The molecule has 0 saturated carbocycles. The van der Waals surface area contributed by atoms with Gasteiger partial charge >= 0.3 is 0 Å². The van der Waals surface area contributed by atoms with Crippen molar-refractivity contribution in [2.45, 2.75) is 32.6 Å². The van der Waals surface area contributed by atoms with Crippen LogP contribution in [0.15, 0.2) is 36.5 Å². The Bertz CT molecular complexity index is 605. The SMILES string of the molecule is CCCNc1ccnc(Nc2ccc(N3CCCCC3)cc2)n1. The first-order valence-corrected chi connectivity index (χ1v) is 8.54. The number of aromatic nitrogens is 2. The molecule has 0 atom stereocenters. The van der Waals surface area contributed by atoms with Gasteiger partial charge in [0.1, 0.15) is 5.82 Å². The van der Waals surface area contributed by atoms with Gasteiger partial charge in [-0.2, -0.15) is 4.98 Å². The molecular weight excluding hydrogens is 286 g/mol.